The van der Waals surface area contributed by atoms with Crippen LogP contribution >= 0.6 is 11.6 Å². The summed E-state index contributed by atoms with van der Waals surface area (Å²) in [5.74, 6) is 0.471. The Balaban J connectivity index is 1.84. The molecule has 1 atom stereocenters. The van der Waals surface area contributed by atoms with E-state index in [9.17, 15) is 9.50 Å². The van der Waals surface area contributed by atoms with E-state index in [1.54, 1.807) is 6.07 Å². The van der Waals surface area contributed by atoms with Crippen LogP contribution < -0.4 is 4.90 Å². The Kier molecular flexibility index (Phi) is 4.27. The predicted molar refractivity (Wildman–Crippen MR) is 97.4 cm³/mol. The molecule has 0 bridgehead atoms. The summed E-state index contributed by atoms with van der Waals surface area (Å²) in [4.78, 5) is 10.8. The number of hydrogen-bond acceptors (Lipinski definition) is 4. The Hall–Kier alpha value is -2.24. The molecular formula is C19H17ClFN3O. The van der Waals surface area contributed by atoms with Crippen LogP contribution in [-0.2, 0) is 0 Å². The second-order valence-electron chi connectivity index (χ2n) is 6.23. The molecule has 0 aliphatic carbocycles. The van der Waals surface area contributed by atoms with Crippen LogP contribution in [0.25, 0.3) is 22.0 Å². The number of benzene rings is 2. The highest BCUT2D eigenvalue weighted by atomic mass is 35.5. The van der Waals surface area contributed by atoms with Gasteiger partial charge in [0, 0.05) is 11.9 Å². The summed E-state index contributed by atoms with van der Waals surface area (Å²) in [6.45, 7) is 0.920. The zero-order chi connectivity index (χ0) is 17.4. The quantitative estimate of drug-likeness (QED) is 0.718. The van der Waals surface area contributed by atoms with Crippen LogP contribution in [-0.4, -0.2) is 34.3 Å². The van der Waals surface area contributed by atoms with E-state index in [0.717, 1.165) is 41.7 Å². The maximum atomic E-state index is 13.5. The average molecular weight is 358 g/mol. The van der Waals surface area contributed by atoms with Crippen LogP contribution in [0.5, 0.6) is 0 Å². The van der Waals surface area contributed by atoms with Gasteiger partial charge in [-0.1, -0.05) is 18.2 Å². The van der Waals surface area contributed by atoms with E-state index in [4.69, 9.17) is 11.6 Å². The minimum atomic E-state index is -0.276. The van der Waals surface area contributed by atoms with Crippen molar-refractivity contribution in [2.24, 2.45) is 0 Å². The van der Waals surface area contributed by atoms with Gasteiger partial charge in [-0.25, -0.2) is 9.37 Å². The Morgan fingerprint density at radius 1 is 1.16 bits per heavy atom. The van der Waals surface area contributed by atoms with Gasteiger partial charge in [-0.3, -0.25) is 0 Å². The molecule has 1 aliphatic rings. The molecule has 1 saturated heterocycles. The van der Waals surface area contributed by atoms with Crippen molar-refractivity contribution in [2.75, 3.05) is 18.1 Å². The van der Waals surface area contributed by atoms with Gasteiger partial charge >= 0.3 is 0 Å². The van der Waals surface area contributed by atoms with Gasteiger partial charge in [-0.2, -0.15) is 4.98 Å². The van der Waals surface area contributed by atoms with E-state index >= 15 is 0 Å². The van der Waals surface area contributed by atoms with Crippen LogP contribution in [0.2, 0.25) is 5.28 Å². The number of halogens is 2. The molecule has 1 fully saturated rings. The summed E-state index contributed by atoms with van der Waals surface area (Å²) in [6.07, 6.45) is 1.94. The number of anilines is 1. The lowest BCUT2D eigenvalue weighted by molar-refractivity contribution is 0.266. The van der Waals surface area contributed by atoms with Gasteiger partial charge in [0.05, 0.1) is 18.2 Å². The highest BCUT2D eigenvalue weighted by molar-refractivity contribution is 6.28. The summed E-state index contributed by atoms with van der Waals surface area (Å²) in [5.41, 5.74) is 2.36. The summed E-state index contributed by atoms with van der Waals surface area (Å²) in [7, 11) is 0. The van der Waals surface area contributed by atoms with Crippen LogP contribution in [0.15, 0.2) is 42.5 Å². The van der Waals surface area contributed by atoms with Gasteiger partial charge in [0.15, 0.2) is 0 Å². The Bertz CT molecular complexity index is 934. The Labute approximate surface area is 149 Å². The van der Waals surface area contributed by atoms with Gasteiger partial charge in [-0.15, -0.1) is 0 Å². The van der Waals surface area contributed by atoms with Gasteiger partial charge in [0.2, 0.25) is 5.28 Å². The molecule has 6 heteroatoms. The SMILES string of the molecule is OCC1CCCN1c1nc(Cl)nc2cc(-c3cccc(F)c3)ccc12. The third kappa shape index (κ3) is 3.05. The first-order valence-corrected chi connectivity index (χ1v) is 8.64. The number of hydrogen-bond donors (Lipinski definition) is 1. The van der Waals surface area contributed by atoms with E-state index < -0.39 is 0 Å². The van der Waals surface area contributed by atoms with Crippen LogP contribution in [0.1, 0.15) is 12.8 Å². The van der Waals surface area contributed by atoms with Gasteiger partial charge in [-0.05, 0) is 59.8 Å². The molecule has 0 amide bonds. The molecule has 2 heterocycles. The molecule has 0 spiro atoms. The molecule has 25 heavy (non-hydrogen) atoms. The smallest absolute Gasteiger partial charge is 0.224 e. The normalized spacial score (nSPS) is 17.4. The maximum absolute atomic E-state index is 13.5. The van der Waals surface area contributed by atoms with Crippen molar-refractivity contribution in [3.05, 3.63) is 53.6 Å². The zero-order valence-electron chi connectivity index (χ0n) is 13.5. The fraction of sp³-hybridized carbons (Fsp3) is 0.263. The number of aromatic nitrogens is 2. The van der Waals surface area contributed by atoms with Crippen LogP contribution in [0.4, 0.5) is 10.2 Å². The lowest BCUT2D eigenvalue weighted by Gasteiger charge is -2.25. The number of aliphatic hydroxyl groups is 1. The third-order valence-corrected chi connectivity index (χ3v) is 4.84. The monoisotopic (exact) mass is 357 g/mol. The minimum absolute atomic E-state index is 0.0528. The Morgan fingerprint density at radius 3 is 2.80 bits per heavy atom. The first-order chi connectivity index (χ1) is 12.2. The van der Waals surface area contributed by atoms with Crippen molar-refractivity contribution in [1.29, 1.82) is 0 Å². The number of aliphatic hydroxyl groups excluding tert-OH is 1. The molecule has 3 aromatic rings. The first kappa shape index (κ1) is 16.2. The second-order valence-corrected chi connectivity index (χ2v) is 6.57. The molecule has 2 aromatic carbocycles. The molecule has 1 unspecified atom stereocenters. The van der Waals surface area contributed by atoms with E-state index in [2.05, 4.69) is 14.9 Å². The third-order valence-electron chi connectivity index (χ3n) is 4.67. The summed E-state index contributed by atoms with van der Waals surface area (Å²) in [5, 5.41) is 10.7. The number of nitrogens with zero attached hydrogens (tertiary/aromatic N) is 3. The molecule has 128 valence electrons. The van der Waals surface area contributed by atoms with Gasteiger partial charge < -0.3 is 10.0 Å². The number of fused-ring (bicyclic) bond motifs is 1. The highest BCUT2D eigenvalue weighted by Gasteiger charge is 2.27. The van der Waals surface area contributed by atoms with Crippen molar-refractivity contribution in [3.63, 3.8) is 0 Å². The topological polar surface area (TPSA) is 49.2 Å². The molecule has 1 aromatic heterocycles. The van der Waals surface area contributed by atoms with Gasteiger partial charge in [0.1, 0.15) is 11.6 Å². The van der Waals surface area contributed by atoms with E-state index in [-0.39, 0.29) is 23.7 Å². The second kappa shape index (κ2) is 6.58. The summed E-state index contributed by atoms with van der Waals surface area (Å²) < 4.78 is 13.5. The van der Waals surface area contributed by atoms with Crippen LogP contribution in [0.3, 0.4) is 0 Å². The van der Waals surface area contributed by atoms with Crippen molar-refractivity contribution >= 4 is 28.3 Å². The van der Waals surface area contributed by atoms with Gasteiger partial charge in [0.25, 0.3) is 0 Å². The predicted octanol–water partition coefficient (Wildman–Crippen LogP) is 4.05. The van der Waals surface area contributed by atoms with Crippen LogP contribution in [0, 0.1) is 5.82 Å². The minimum Gasteiger partial charge on any atom is -0.394 e. The van der Waals surface area contributed by atoms with E-state index in [1.165, 1.54) is 12.1 Å². The number of rotatable bonds is 3. The Morgan fingerprint density at radius 2 is 2.00 bits per heavy atom. The highest BCUT2D eigenvalue weighted by Crippen LogP contribution is 2.33. The average Bonchev–Trinajstić information content (AvgIpc) is 3.09. The first-order valence-electron chi connectivity index (χ1n) is 8.26. The fourth-order valence-electron chi connectivity index (χ4n) is 3.46. The van der Waals surface area contributed by atoms with Crippen molar-refractivity contribution in [3.8, 4) is 11.1 Å². The molecular weight excluding hydrogens is 341 g/mol. The standard InChI is InChI=1S/C19H17ClFN3O/c20-19-22-17-10-13(12-3-1-4-14(21)9-12)6-7-16(17)18(23-19)24-8-2-5-15(24)11-25/h1,3-4,6-7,9-10,15,25H,2,5,8,11H2. The largest absolute Gasteiger partial charge is 0.394 e. The van der Waals surface area contributed by atoms with E-state index in [0.29, 0.717) is 5.52 Å². The molecule has 0 radical (unpaired) electrons. The fourth-order valence-corrected chi connectivity index (χ4v) is 3.63. The lowest BCUT2D eigenvalue weighted by Crippen LogP contribution is -2.33. The molecule has 4 nitrogen and oxygen atoms in total. The molecule has 1 N–H and O–H groups in total. The molecule has 4 rings (SSSR count). The van der Waals surface area contributed by atoms with Crippen molar-refractivity contribution in [1.82, 2.24) is 9.97 Å². The lowest BCUT2D eigenvalue weighted by atomic mass is 10.0. The molecule has 1 aliphatic heterocycles. The summed E-state index contributed by atoms with van der Waals surface area (Å²) in [6, 6.07) is 12.3. The molecule has 0 saturated carbocycles. The van der Waals surface area contributed by atoms with E-state index in [1.807, 2.05) is 24.3 Å². The maximum Gasteiger partial charge on any atom is 0.224 e. The summed E-state index contributed by atoms with van der Waals surface area (Å²) >= 11 is 6.15. The van der Waals surface area contributed by atoms with Crippen molar-refractivity contribution < 1.29 is 9.50 Å². The van der Waals surface area contributed by atoms with Crippen molar-refractivity contribution in [2.45, 2.75) is 18.9 Å². The zero-order valence-corrected chi connectivity index (χ0v) is 14.2.